The van der Waals surface area contributed by atoms with Crippen molar-refractivity contribution < 1.29 is 9.13 Å². The van der Waals surface area contributed by atoms with Gasteiger partial charge in [0.05, 0.1) is 7.11 Å². The Morgan fingerprint density at radius 3 is 2.71 bits per heavy atom. The van der Waals surface area contributed by atoms with Gasteiger partial charge in [-0.2, -0.15) is 5.26 Å². The SMILES string of the molecule is COc1cccc(NC(=NCCCN2CCC(Cc3ccc(F)cc3)CC2)NC#N)c1. The van der Waals surface area contributed by atoms with Crippen molar-refractivity contribution in [3.8, 4) is 11.9 Å². The highest BCUT2D eigenvalue weighted by atomic mass is 19.1. The van der Waals surface area contributed by atoms with Gasteiger partial charge in [0, 0.05) is 18.3 Å². The first kappa shape index (κ1) is 22.6. The molecule has 0 unspecified atom stereocenters. The van der Waals surface area contributed by atoms with Gasteiger partial charge in [0.1, 0.15) is 11.6 Å². The van der Waals surface area contributed by atoms with Crippen LogP contribution in [0.1, 0.15) is 24.8 Å². The van der Waals surface area contributed by atoms with Gasteiger partial charge in [0.2, 0.25) is 5.96 Å². The lowest BCUT2D eigenvalue weighted by molar-refractivity contribution is 0.183. The average molecular weight is 424 g/mol. The number of benzene rings is 2. The number of piperidine rings is 1. The Bertz CT molecular complexity index is 886. The first-order chi connectivity index (χ1) is 15.2. The highest BCUT2D eigenvalue weighted by molar-refractivity contribution is 5.94. The Kier molecular flexibility index (Phi) is 8.68. The van der Waals surface area contributed by atoms with Gasteiger partial charge < -0.3 is 15.0 Å². The van der Waals surface area contributed by atoms with Crippen LogP contribution in [-0.2, 0) is 6.42 Å². The quantitative estimate of drug-likeness (QED) is 0.221. The molecular weight excluding hydrogens is 393 g/mol. The number of rotatable bonds is 8. The number of nitrogens with zero attached hydrogens (tertiary/aromatic N) is 3. The lowest BCUT2D eigenvalue weighted by atomic mass is 9.90. The monoisotopic (exact) mass is 423 g/mol. The summed E-state index contributed by atoms with van der Waals surface area (Å²) in [6.07, 6.45) is 6.22. The molecule has 0 aliphatic carbocycles. The van der Waals surface area contributed by atoms with Crippen LogP contribution in [0.3, 0.4) is 0 Å². The van der Waals surface area contributed by atoms with E-state index in [0.717, 1.165) is 43.9 Å². The van der Waals surface area contributed by atoms with Crippen molar-refractivity contribution in [3.05, 3.63) is 59.9 Å². The number of hydrogen-bond acceptors (Lipinski definition) is 4. The number of aliphatic imine (C=N–C) groups is 1. The second-order valence-electron chi connectivity index (χ2n) is 7.79. The van der Waals surface area contributed by atoms with E-state index >= 15 is 0 Å². The first-order valence-electron chi connectivity index (χ1n) is 10.7. The molecule has 0 bridgehead atoms. The second kappa shape index (κ2) is 11.9. The van der Waals surface area contributed by atoms with E-state index in [0.29, 0.717) is 18.4 Å². The summed E-state index contributed by atoms with van der Waals surface area (Å²) in [6.45, 7) is 3.80. The Balaban J connectivity index is 1.39. The van der Waals surface area contributed by atoms with Crippen LogP contribution in [0.2, 0.25) is 0 Å². The van der Waals surface area contributed by atoms with Gasteiger partial charge in [-0.1, -0.05) is 18.2 Å². The molecule has 0 aromatic heterocycles. The van der Waals surface area contributed by atoms with Gasteiger partial charge in [-0.15, -0.1) is 0 Å². The highest BCUT2D eigenvalue weighted by Crippen LogP contribution is 2.22. The molecular formula is C24H30FN5O. The number of anilines is 1. The zero-order chi connectivity index (χ0) is 21.9. The predicted octanol–water partition coefficient (Wildman–Crippen LogP) is 4.02. The summed E-state index contributed by atoms with van der Waals surface area (Å²) in [6, 6.07) is 14.4. The van der Waals surface area contributed by atoms with E-state index in [1.54, 1.807) is 19.2 Å². The molecule has 1 aliphatic heterocycles. The van der Waals surface area contributed by atoms with Crippen molar-refractivity contribution in [2.24, 2.45) is 10.9 Å². The Labute approximate surface area is 183 Å². The molecule has 1 heterocycles. The molecule has 0 radical (unpaired) electrons. The highest BCUT2D eigenvalue weighted by Gasteiger charge is 2.19. The summed E-state index contributed by atoms with van der Waals surface area (Å²) in [5.41, 5.74) is 2.03. The van der Waals surface area contributed by atoms with Gasteiger partial charge in [0.25, 0.3) is 0 Å². The third-order valence-electron chi connectivity index (χ3n) is 5.55. The van der Waals surface area contributed by atoms with Gasteiger partial charge in [-0.25, -0.2) is 4.39 Å². The summed E-state index contributed by atoms with van der Waals surface area (Å²) in [4.78, 5) is 6.98. The van der Waals surface area contributed by atoms with Gasteiger partial charge >= 0.3 is 0 Å². The standard InChI is InChI=1S/C24H30FN5O/c1-31-23-5-2-4-22(17-23)29-24(28-18-26)27-12-3-13-30-14-10-20(11-15-30)16-19-6-8-21(25)9-7-19/h2,4-9,17,20H,3,10-16H2,1H3,(H2,27,28,29). The molecule has 2 aromatic rings. The minimum absolute atomic E-state index is 0.173. The number of guanidine groups is 1. The smallest absolute Gasteiger partial charge is 0.209 e. The molecule has 1 fully saturated rings. The van der Waals surface area contributed by atoms with Crippen LogP contribution in [0.5, 0.6) is 5.75 Å². The molecule has 31 heavy (non-hydrogen) atoms. The Morgan fingerprint density at radius 1 is 1.23 bits per heavy atom. The maximum Gasteiger partial charge on any atom is 0.209 e. The predicted molar refractivity (Wildman–Crippen MR) is 122 cm³/mol. The van der Waals surface area contributed by atoms with Crippen LogP contribution >= 0.6 is 0 Å². The number of methoxy groups -OCH3 is 1. The van der Waals surface area contributed by atoms with Crippen molar-refractivity contribution in [1.29, 1.82) is 5.26 Å². The minimum Gasteiger partial charge on any atom is -0.497 e. The number of nitriles is 1. The second-order valence-corrected chi connectivity index (χ2v) is 7.79. The van der Waals surface area contributed by atoms with Crippen LogP contribution in [0, 0.1) is 23.2 Å². The topological polar surface area (TPSA) is 72.7 Å². The summed E-state index contributed by atoms with van der Waals surface area (Å²) in [5.74, 6) is 1.67. The molecule has 0 amide bonds. The lowest BCUT2D eigenvalue weighted by Crippen LogP contribution is -2.35. The molecule has 6 nitrogen and oxygen atoms in total. The number of ether oxygens (including phenoxy) is 1. The van der Waals surface area contributed by atoms with E-state index in [-0.39, 0.29) is 5.82 Å². The summed E-state index contributed by atoms with van der Waals surface area (Å²) in [7, 11) is 1.62. The van der Waals surface area contributed by atoms with E-state index < -0.39 is 0 Å². The average Bonchev–Trinajstić information content (AvgIpc) is 2.79. The van der Waals surface area contributed by atoms with Gasteiger partial charge in [-0.3, -0.25) is 10.3 Å². The molecule has 2 N–H and O–H groups in total. The minimum atomic E-state index is -0.173. The third-order valence-corrected chi connectivity index (χ3v) is 5.55. The van der Waals surface area contributed by atoms with Crippen LogP contribution in [0.15, 0.2) is 53.5 Å². The molecule has 1 saturated heterocycles. The maximum atomic E-state index is 13.1. The molecule has 3 rings (SSSR count). The molecule has 1 aliphatic rings. The molecule has 0 saturated carbocycles. The summed E-state index contributed by atoms with van der Waals surface area (Å²) in [5, 5.41) is 14.7. The molecule has 164 valence electrons. The largest absolute Gasteiger partial charge is 0.497 e. The van der Waals surface area contributed by atoms with Crippen LogP contribution in [-0.4, -0.2) is 44.1 Å². The van der Waals surface area contributed by atoms with E-state index in [4.69, 9.17) is 10.00 Å². The van der Waals surface area contributed by atoms with E-state index in [1.807, 2.05) is 42.6 Å². The molecule has 0 spiro atoms. The third kappa shape index (κ3) is 7.58. The van der Waals surface area contributed by atoms with Crippen LogP contribution in [0.25, 0.3) is 0 Å². The zero-order valence-electron chi connectivity index (χ0n) is 18.0. The van der Waals surface area contributed by atoms with E-state index in [9.17, 15) is 4.39 Å². The number of likely N-dealkylation sites (tertiary alicyclic amines) is 1. The van der Waals surface area contributed by atoms with Crippen molar-refractivity contribution >= 4 is 11.6 Å². The first-order valence-corrected chi connectivity index (χ1v) is 10.7. The molecule has 2 aromatic carbocycles. The normalized spacial score (nSPS) is 15.3. The number of nitrogens with one attached hydrogen (secondary N) is 2. The summed E-state index contributed by atoms with van der Waals surface area (Å²) >= 11 is 0. The van der Waals surface area contributed by atoms with E-state index in [2.05, 4.69) is 20.5 Å². The fourth-order valence-electron chi connectivity index (χ4n) is 3.85. The van der Waals surface area contributed by atoms with Crippen molar-refractivity contribution in [3.63, 3.8) is 0 Å². The fourth-order valence-corrected chi connectivity index (χ4v) is 3.85. The number of halogens is 1. The molecule has 7 heteroatoms. The van der Waals surface area contributed by atoms with Crippen molar-refractivity contribution in [2.45, 2.75) is 25.7 Å². The van der Waals surface area contributed by atoms with Crippen LogP contribution < -0.4 is 15.4 Å². The Hall–Kier alpha value is -3.11. The number of hydrogen-bond donors (Lipinski definition) is 2. The van der Waals surface area contributed by atoms with Gasteiger partial charge in [0.15, 0.2) is 6.19 Å². The zero-order valence-corrected chi connectivity index (χ0v) is 18.0. The van der Waals surface area contributed by atoms with Crippen molar-refractivity contribution in [2.75, 3.05) is 38.6 Å². The van der Waals surface area contributed by atoms with Crippen molar-refractivity contribution in [1.82, 2.24) is 10.2 Å². The van der Waals surface area contributed by atoms with Gasteiger partial charge in [-0.05, 0) is 81.1 Å². The van der Waals surface area contributed by atoms with E-state index in [1.165, 1.54) is 18.4 Å². The Morgan fingerprint density at radius 2 is 2.00 bits per heavy atom. The van der Waals surface area contributed by atoms with Crippen LogP contribution in [0.4, 0.5) is 10.1 Å². The summed E-state index contributed by atoms with van der Waals surface area (Å²) < 4.78 is 18.3. The molecule has 0 atom stereocenters. The maximum absolute atomic E-state index is 13.1. The fraction of sp³-hybridized carbons (Fsp3) is 0.417. The lowest BCUT2D eigenvalue weighted by Gasteiger charge is -2.31.